The Kier molecular flexibility index (Phi) is 5.89. The summed E-state index contributed by atoms with van der Waals surface area (Å²) in [5.74, 6) is 0.419. The highest BCUT2D eigenvalue weighted by Gasteiger charge is 2.22. The van der Waals surface area contributed by atoms with Crippen LogP contribution in [0, 0.1) is 5.82 Å². The predicted molar refractivity (Wildman–Crippen MR) is 102 cm³/mol. The third kappa shape index (κ3) is 4.63. The lowest BCUT2D eigenvalue weighted by atomic mass is 10.0. The van der Waals surface area contributed by atoms with Crippen LogP contribution in [-0.4, -0.2) is 32.1 Å². The summed E-state index contributed by atoms with van der Waals surface area (Å²) in [5.41, 5.74) is 1.84. The average molecular weight is 354 g/mol. The molecule has 5 heteroatoms. The Morgan fingerprint density at radius 1 is 1.23 bits per heavy atom. The highest BCUT2D eigenvalue weighted by atomic mass is 19.1. The molecule has 0 spiro atoms. The number of benzene rings is 2. The molecule has 0 bridgehead atoms. The monoisotopic (exact) mass is 354 g/mol. The molecule has 1 saturated heterocycles. The molecule has 1 fully saturated rings. The lowest BCUT2D eigenvalue weighted by Crippen LogP contribution is -2.47. The summed E-state index contributed by atoms with van der Waals surface area (Å²) in [7, 11) is 1.67. The van der Waals surface area contributed by atoms with Gasteiger partial charge in [-0.1, -0.05) is 24.3 Å². The maximum atomic E-state index is 12.9. The van der Waals surface area contributed by atoms with E-state index in [-0.39, 0.29) is 17.8 Å². The molecule has 0 saturated carbocycles. The summed E-state index contributed by atoms with van der Waals surface area (Å²) >= 11 is 0. The summed E-state index contributed by atoms with van der Waals surface area (Å²) in [6.45, 7) is 1.69. The first-order valence-electron chi connectivity index (χ1n) is 8.78. The van der Waals surface area contributed by atoms with E-state index in [4.69, 9.17) is 4.74 Å². The van der Waals surface area contributed by atoms with Crippen LogP contribution in [0.15, 0.2) is 54.6 Å². The smallest absolute Gasteiger partial charge is 0.244 e. The van der Waals surface area contributed by atoms with Crippen molar-refractivity contribution in [3.05, 3.63) is 66.0 Å². The summed E-state index contributed by atoms with van der Waals surface area (Å²) in [6.07, 6.45) is 5.14. The van der Waals surface area contributed by atoms with Crippen LogP contribution in [0.25, 0.3) is 6.08 Å². The number of amides is 1. The average Bonchev–Trinajstić information content (AvgIpc) is 2.68. The second-order valence-corrected chi connectivity index (χ2v) is 6.35. The van der Waals surface area contributed by atoms with Gasteiger partial charge >= 0.3 is 0 Å². The number of ether oxygens (including phenoxy) is 1. The van der Waals surface area contributed by atoms with Crippen molar-refractivity contribution in [1.29, 1.82) is 0 Å². The second-order valence-electron chi connectivity index (χ2n) is 6.35. The normalized spacial score (nSPS) is 17.3. The van der Waals surface area contributed by atoms with Gasteiger partial charge in [-0.25, -0.2) is 4.39 Å². The number of piperidine rings is 1. The van der Waals surface area contributed by atoms with E-state index in [0.717, 1.165) is 42.9 Å². The van der Waals surface area contributed by atoms with Gasteiger partial charge < -0.3 is 15.0 Å². The number of hydrogen-bond donors (Lipinski definition) is 1. The maximum Gasteiger partial charge on any atom is 0.244 e. The zero-order chi connectivity index (χ0) is 18.4. The van der Waals surface area contributed by atoms with E-state index in [1.807, 2.05) is 24.3 Å². The van der Waals surface area contributed by atoms with E-state index in [0.29, 0.717) is 0 Å². The quantitative estimate of drug-likeness (QED) is 0.834. The van der Waals surface area contributed by atoms with Crippen molar-refractivity contribution in [2.45, 2.75) is 18.9 Å². The van der Waals surface area contributed by atoms with Crippen molar-refractivity contribution >= 4 is 17.7 Å². The van der Waals surface area contributed by atoms with Crippen LogP contribution in [0.3, 0.4) is 0 Å². The van der Waals surface area contributed by atoms with Gasteiger partial charge in [0.05, 0.1) is 12.8 Å². The molecule has 2 aromatic rings. The van der Waals surface area contributed by atoms with Gasteiger partial charge in [-0.15, -0.1) is 0 Å². The fourth-order valence-corrected chi connectivity index (χ4v) is 3.20. The summed E-state index contributed by atoms with van der Waals surface area (Å²) < 4.78 is 18.4. The van der Waals surface area contributed by atoms with Crippen LogP contribution in [-0.2, 0) is 4.79 Å². The molecule has 1 amide bonds. The molecule has 26 heavy (non-hydrogen) atoms. The molecule has 0 radical (unpaired) electrons. The van der Waals surface area contributed by atoms with Gasteiger partial charge in [0.1, 0.15) is 11.6 Å². The minimum Gasteiger partial charge on any atom is -0.495 e. The van der Waals surface area contributed by atoms with E-state index >= 15 is 0 Å². The minimum absolute atomic E-state index is 0.0824. The van der Waals surface area contributed by atoms with Crippen LogP contribution in [0.2, 0.25) is 0 Å². The number of hydrogen-bond acceptors (Lipinski definition) is 3. The summed E-state index contributed by atoms with van der Waals surface area (Å²) in [4.78, 5) is 14.4. The van der Waals surface area contributed by atoms with Crippen LogP contribution in [0.1, 0.15) is 18.4 Å². The van der Waals surface area contributed by atoms with Gasteiger partial charge in [0.15, 0.2) is 0 Å². The fourth-order valence-electron chi connectivity index (χ4n) is 3.20. The predicted octanol–water partition coefficient (Wildman–Crippen LogP) is 3.63. The van der Waals surface area contributed by atoms with Crippen molar-refractivity contribution in [2.75, 3.05) is 25.1 Å². The van der Waals surface area contributed by atoms with Crippen molar-refractivity contribution in [2.24, 2.45) is 0 Å². The van der Waals surface area contributed by atoms with E-state index in [9.17, 15) is 9.18 Å². The first kappa shape index (κ1) is 18.0. The Morgan fingerprint density at radius 3 is 2.77 bits per heavy atom. The van der Waals surface area contributed by atoms with Crippen LogP contribution in [0.5, 0.6) is 5.75 Å². The summed E-state index contributed by atoms with van der Waals surface area (Å²) in [6, 6.07) is 14.1. The molecule has 0 aromatic heterocycles. The zero-order valence-electron chi connectivity index (χ0n) is 14.8. The highest BCUT2D eigenvalue weighted by Crippen LogP contribution is 2.29. The Labute approximate surface area is 153 Å². The largest absolute Gasteiger partial charge is 0.495 e. The van der Waals surface area contributed by atoms with Gasteiger partial charge in [0.2, 0.25) is 5.91 Å². The number of methoxy groups -OCH3 is 1. The maximum absolute atomic E-state index is 12.9. The van der Waals surface area contributed by atoms with E-state index < -0.39 is 0 Å². The van der Waals surface area contributed by atoms with Crippen LogP contribution < -0.4 is 15.0 Å². The number of halogens is 1. The second kappa shape index (κ2) is 8.52. The molecule has 1 aliphatic heterocycles. The number of anilines is 1. The zero-order valence-corrected chi connectivity index (χ0v) is 14.8. The van der Waals surface area contributed by atoms with Gasteiger partial charge in [-0.3, -0.25) is 4.79 Å². The van der Waals surface area contributed by atoms with Gasteiger partial charge in [-0.05, 0) is 48.7 Å². The standard InChI is InChI=1S/C21H23FN2O2/c1-26-20-7-3-2-6-19(20)24-14-4-5-18(15-24)23-21(25)13-10-16-8-11-17(22)12-9-16/h2-3,6-13,18H,4-5,14-15H2,1H3,(H,23,25)/b13-10+. The molecule has 1 unspecified atom stereocenters. The molecule has 1 atom stereocenters. The Hall–Kier alpha value is -2.82. The molecular weight excluding hydrogens is 331 g/mol. The molecule has 2 aromatic carbocycles. The Morgan fingerprint density at radius 2 is 2.00 bits per heavy atom. The first-order valence-corrected chi connectivity index (χ1v) is 8.78. The first-order chi connectivity index (χ1) is 12.7. The van der Waals surface area contributed by atoms with Crippen molar-refractivity contribution < 1.29 is 13.9 Å². The van der Waals surface area contributed by atoms with E-state index in [1.54, 1.807) is 25.3 Å². The van der Waals surface area contributed by atoms with Gasteiger partial charge in [0, 0.05) is 25.2 Å². The number of carbonyl (C=O) groups is 1. The molecule has 0 aliphatic carbocycles. The van der Waals surface area contributed by atoms with Crippen LogP contribution in [0.4, 0.5) is 10.1 Å². The Bertz CT molecular complexity index is 774. The molecule has 4 nitrogen and oxygen atoms in total. The van der Waals surface area contributed by atoms with Crippen molar-refractivity contribution in [3.8, 4) is 5.75 Å². The Balaban J connectivity index is 1.59. The van der Waals surface area contributed by atoms with Gasteiger partial charge in [0.25, 0.3) is 0 Å². The molecular formula is C21H23FN2O2. The van der Waals surface area contributed by atoms with Crippen molar-refractivity contribution in [3.63, 3.8) is 0 Å². The summed E-state index contributed by atoms with van der Waals surface area (Å²) in [5, 5.41) is 3.06. The molecule has 1 heterocycles. The minimum atomic E-state index is -0.287. The third-order valence-corrected chi connectivity index (χ3v) is 4.49. The number of nitrogens with zero attached hydrogens (tertiary/aromatic N) is 1. The SMILES string of the molecule is COc1ccccc1N1CCCC(NC(=O)/C=C/c2ccc(F)cc2)C1. The number of carbonyl (C=O) groups excluding carboxylic acids is 1. The topological polar surface area (TPSA) is 41.6 Å². The lowest BCUT2D eigenvalue weighted by Gasteiger charge is -2.35. The van der Waals surface area contributed by atoms with E-state index in [2.05, 4.69) is 10.2 Å². The lowest BCUT2D eigenvalue weighted by molar-refractivity contribution is -0.117. The molecule has 3 rings (SSSR count). The number of nitrogens with one attached hydrogen (secondary N) is 1. The highest BCUT2D eigenvalue weighted by molar-refractivity contribution is 5.92. The molecule has 1 N–H and O–H groups in total. The third-order valence-electron chi connectivity index (χ3n) is 4.49. The number of para-hydroxylation sites is 2. The van der Waals surface area contributed by atoms with Crippen LogP contribution >= 0.6 is 0 Å². The fraction of sp³-hybridized carbons (Fsp3) is 0.286. The molecule has 136 valence electrons. The van der Waals surface area contributed by atoms with E-state index in [1.165, 1.54) is 18.2 Å². The van der Waals surface area contributed by atoms with Gasteiger partial charge in [-0.2, -0.15) is 0 Å². The van der Waals surface area contributed by atoms with Crippen molar-refractivity contribution in [1.82, 2.24) is 5.32 Å². The number of rotatable bonds is 5. The molecule has 1 aliphatic rings.